The Labute approximate surface area is 149 Å². The van der Waals surface area contributed by atoms with Crippen molar-refractivity contribution in [2.75, 3.05) is 0 Å². The molecule has 1 unspecified atom stereocenters. The van der Waals surface area contributed by atoms with Gasteiger partial charge in [0.05, 0.1) is 5.41 Å². The molecule has 0 N–H and O–H groups in total. The summed E-state index contributed by atoms with van der Waals surface area (Å²) >= 11 is 0. The van der Waals surface area contributed by atoms with Gasteiger partial charge in [0.1, 0.15) is 0 Å². The van der Waals surface area contributed by atoms with E-state index >= 15 is 0 Å². The van der Waals surface area contributed by atoms with Crippen molar-refractivity contribution in [2.24, 2.45) is 0 Å². The lowest BCUT2D eigenvalue weighted by molar-refractivity contribution is -0.511. The topological polar surface area (TPSA) is 3.01 Å². The Morgan fingerprint density at radius 2 is 1.17 bits per heavy atom. The zero-order valence-electron chi connectivity index (χ0n) is 16.5. The predicted molar refractivity (Wildman–Crippen MR) is 108 cm³/mol. The van der Waals surface area contributed by atoms with Crippen LogP contribution in [0.1, 0.15) is 60.5 Å². The van der Waals surface area contributed by atoms with E-state index in [-0.39, 0.29) is 11.0 Å². The molecule has 0 aliphatic carbocycles. The SMILES string of the molecule is CC.CC.CC1(c2ccccc2)C=[N+](c2ccccc2)C(C)(C)C1. The third kappa shape index (κ3) is 4.35. The fourth-order valence-electron chi connectivity index (χ4n) is 3.50. The zero-order chi connectivity index (χ0) is 18.2. The summed E-state index contributed by atoms with van der Waals surface area (Å²) in [5.41, 5.74) is 2.90. The molecular formula is C23H34N+. The summed E-state index contributed by atoms with van der Waals surface area (Å²) in [5, 5.41) is 0. The summed E-state index contributed by atoms with van der Waals surface area (Å²) in [6.45, 7) is 15.0. The molecule has 0 radical (unpaired) electrons. The van der Waals surface area contributed by atoms with E-state index in [9.17, 15) is 0 Å². The second kappa shape index (κ2) is 8.82. The Kier molecular flexibility index (Phi) is 7.41. The first-order chi connectivity index (χ1) is 11.5. The molecule has 0 saturated carbocycles. The Morgan fingerprint density at radius 1 is 0.708 bits per heavy atom. The molecule has 1 nitrogen and oxygen atoms in total. The largest absolute Gasteiger partial charge is 0.205 e. The molecule has 0 bridgehead atoms. The van der Waals surface area contributed by atoms with Gasteiger partial charge in [-0.3, -0.25) is 0 Å². The molecule has 1 heterocycles. The number of benzene rings is 2. The summed E-state index contributed by atoms with van der Waals surface area (Å²) in [6.07, 6.45) is 3.52. The molecule has 3 rings (SSSR count). The van der Waals surface area contributed by atoms with Crippen LogP contribution in [0.15, 0.2) is 60.7 Å². The fourth-order valence-corrected chi connectivity index (χ4v) is 3.50. The van der Waals surface area contributed by atoms with Gasteiger partial charge in [0.25, 0.3) is 0 Å². The maximum absolute atomic E-state index is 2.43. The van der Waals surface area contributed by atoms with Crippen LogP contribution < -0.4 is 0 Å². The van der Waals surface area contributed by atoms with E-state index in [1.54, 1.807) is 0 Å². The summed E-state index contributed by atoms with van der Waals surface area (Å²) in [7, 11) is 0. The van der Waals surface area contributed by atoms with Crippen molar-refractivity contribution in [2.45, 2.75) is 65.8 Å². The Bertz CT molecular complexity index is 626. The van der Waals surface area contributed by atoms with Crippen molar-refractivity contribution in [1.29, 1.82) is 0 Å². The fraction of sp³-hybridized carbons (Fsp3) is 0.435. The van der Waals surface area contributed by atoms with Crippen molar-refractivity contribution < 1.29 is 4.58 Å². The van der Waals surface area contributed by atoms with Gasteiger partial charge in [-0.05, 0) is 12.5 Å². The smallest absolute Gasteiger partial charge is 0.197 e. The average Bonchev–Trinajstić information content (AvgIpc) is 2.90. The van der Waals surface area contributed by atoms with Crippen LogP contribution in [0, 0.1) is 0 Å². The highest BCUT2D eigenvalue weighted by molar-refractivity contribution is 5.72. The molecule has 1 aliphatic rings. The highest BCUT2D eigenvalue weighted by Gasteiger charge is 2.49. The van der Waals surface area contributed by atoms with Gasteiger partial charge in [-0.25, -0.2) is 0 Å². The number of nitrogens with zero attached hydrogens (tertiary/aromatic N) is 1. The first-order valence-electron chi connectivity index (χ1n) is 9.27. The van der Waals surface area contributed by atoms with Gasteiger partial charge < -0.3 is 0 Å². The van der Waals surface area contributed by atoms with Gasteiger partial charge >= 0.3 is 0 Å². The molecule has 0 fully saturated rings. The van der Waals surface area contributed by atoms with Crippen LogP contribution in [-0.2, 0) is 5.41 Å². The molecule has 0 aromatic heterocycles. The van der Waals surface area contributed by atoms with E-state index in [4.69, 9.17) is 0 Å². The maximum Gasteiger partial charge on any atom is 0.205 e. The molecule has 1 aliphatic heterocycles. The van der Waals surface area contributed by atoms with Crippen LogP contribution in [-0.4, -0.2) is 16.3 Å². The van der Waals surface area contributed by atoms with Gasteiger partial charge in [-0.2, -0.15) is 4.58 Å². The van der Waals surface area contributed by atoms with Crippen LogP contribution in [0.3, 0.4) is 0 Å². The molecule has 0 spiro atoms. The van der Waals surface area contributed by atoms with Crippen LogP contribution in [0.4, 0.5) is 5.69 Å². The summed E-state index contributed by atoms with van der Waals surface area (Å²) in [4.78, 5) is 0. The Hall–Kier alpha value is -1.89. The van der Waals surface area contributed by atoms with Gasteiger partial charge in [0, 0.05) is 32.4 Å². The first kappa shape index (κ1) is 20.2. The minimum Gasteiger partial charge on any atom is -0.197 e. The molecule has 130 valence electrons. The maximum atomic E-state index is 2.43. The Balaban J connectivity index is 0.000000671. The van der Waals surface area contributed by atoms with E-state index in [2.05, 4.69) is 92.2 Å². The standard InChI is InChI=1S/C19H22N.2C2H6/c1-18(2)14-19(3,16-10-6-4-7-11-16)15-20(18)17-12-8-5-9-13-17;2*1-2/h4-13,15H,14H2,1-3H3;2*1-2H3/q+1;;. The molecule has 1 atom stereocenters. The van der Waals surface area contributed by atoms with Gasteiger partial charge in [-0.1, -0.05) is 76.2 Å². The van der Waals surface area contributed by atoms with Gasteiger partial charge in [-0.15, -0.1) is 0 Å². The third-order valence-electron chi connectivity index (χ3n) is 4.33. The predicted octanol–water partition coefficient (Wildman–Crippen LogP) is 6.59. The molecular weight excluding hydrogens is 290 g/mol. The highest BCUT2D eigenvalue weighted by atomic mass is 15.1. The lowest BCUT2D eigenvalue weighted by Crippen LogP contribution is -2.30. The summed E-state index contributed by atoms with van der Waals surface area (Å²) in [5.74, 6) is 0. The lowest BCUT2D eigenvalue weighted by Gasteiger charge is -2.22. The van der Waals surface area contributed by atoms with Gasteiger partial charge in [0.15, 0.2) is 11.8 Å². The van der Waals surface area contributed by atoms with Crippen molar-refractivity contribution in [3.63, 3.8) is 0 Å². The summed E-state index contributed by atoms with van der Waals surface area (Å²) in [6, 6.07) is 21.5. The van der Waals surface area contributed by atoms with E-state index in [0.29, 0.717) is 0 Å². The molecule has 2 aromatic rings. The molecule has 0 saturated heterocycles. The van der Waals surface area contributed by atoms with Crippen molar-refractivity contribution in [1.82, 2.24) is 0 Å². The molecule has 0 amide bonds. The van der Waals surface area contributed by atoms with Gasteiger partial charge in [0.2, 0.25) is 5.69 Å². The van der Waals surface area contributed by atoms with Crippen LogP contribution >= 0.6 is 0 Å². The third-order valence-corrected chi connectivity index (χ3v) is 4.33. The lowest BCUT2D eigenvalue weighted by atomic mass is 9.77. The minimum absolute atomic E-state index is 0.0978. The number of hydrogen-bond donors (Lipinski definition) is 0. The first-order valence-corrected chi connectivity index (χ1v) is 9.27. The quantitative estimate of drug-likeness (QED) is 0.548. The van der Waals surface area contributed by atoms with E-state index in [1.807, 2.05) is 27.7 Å². The minimum atomic E-state index is 0.0978. The van der Waals surface area contributed by atoms with E-state index in [0.717, 1.165) is 6.42 Å². The van der Waals surface area contributed by atoms with Crippen molar-refractivity contribution >= 4 is 11.9 Å². The number of para-hydroxylation sites is 1. The van der Waals surface area contributed by atoms with Crippen LogP contribution in [0.2, 0.25) is 0 Å². The second-order valence-electron chi connectivity index (χ2n) is 6.61. The zero-order valence-corrected chi connectivity index (χ0v) is 16.5. The normalized spacial score (nSPS) is 20.9. The van der Waals surface area contributed by atoms with E-state index in [1.165, 1.54) is 11.3 Å². The van der Waals surface area contributed by atoms with Crippen molar-refractivity contribution in [3.05, 3.63) is 66.2 Å². The number of hydrogen-bond acceptors (Lipinski definition) is 0. The second-order valence-corrected chi connectivity index (χ2v) is 6.61. The van der Waals surface area contributed by atoms with Crippen LogP contribution in [0.5, 0.6) is 0 Å². The molecule has 2 aromatic carbocycles. The van der Waals surface area contributed by atoms with Crippen LogP contribution in [0.25, 0.3) is 0 Å². The molecule has 1 heteroatoms. The monoisotopic (exact) mass is 324 g/mol. The van der Waals surface area contributed by atoms with E-state index < -0.39 is 0 Å². The highest BCUT2D eigenvalue weighted by Crippen LogP contribution is 2.40. The number of rotatable bonds is 2. The van der Waals surface area contributed by atoms with Crippen molar-refractivity contribution in [3.8, 4) is 0 Å². The average molecular weight is 325 g/mol. The molecule has 24 heavy (non-hydrogen) atoms. The Morgan fingerprint density at radius 3 is 1.67 bits per heavy atom. The summed E-state index contributed by atoms with van der Waals surface area (Å²) < 4.78 is 2.43.